The van der Waals surface area contributed by atoms with Gasteiger partial charge in [-0.2, -0.15) is 24.5 Å². The molecule has 1 fully saturated rings. The van der Waals surface area contributed by atoms with Gasteiger partial charge >= 0.3 is 6.18 Å². The van der Waals surface area contributed by atoms with Gasteiger partial charge in [0.25, 0.3) is 0 Å². The molecule has 0 radical (unpaired) electrons. The summed E-state index contributed by atoms with van der Waals surface area (Å²) in [5.41, 5.74) is 1.25. The Morgan fingerprint density at radius 2 is 2.21 bits per heavy atom. The molecule has 1 aromatic rings. The van der Waals surface area contributed by atoms with Crippen molar-refractivity contribution in [1.82, 2.24) is 10.2 Å². The third-order valence-corrected chi connectivity index (χ3v) is 4.02. The minimum atomic E-state index is -4.13. The van der Waals surface area contributed by atoms with E-state index in [1.807, 2.05) is 12.3 Å². The largest absolute Gasteiger partial charge is 0.401 e. The second-order valence-corrected chi connectivity index (χ2v) is 5.91. The summed E-state index contributed by atoms with van der Waals surface area (Å²) in [5.74, 6) is 0. The molecular weight excluding hydrogens is 273 g/mol. The zero-order valence-corrected chi connectivity index (χ0v) is 11.7. The highest BCUT2D eigenvalue weighted by atomic mass is 32.1. The molecule has 19 heavy (non-hydrogen) atoms. The molecule has 1 unspecified atom stereocenters. The Bertz CT molecular complexity index is 374. The average molecular weight is 292 g/mol. The molecule has 0 aromatic carbocycles. The predicted octanol–water partition coefficient (Wildman–Crippen LogP) is 3.25. The maximum atomic E-state index is 12.1. The Hall–Kier alpha value is -0.590. The van der Waals surface area contributed by atoms with Gasteiger partial charge in [-0.15, -0.1) is 0 Å². The van der Waals surface area contributed by atoms with E-state index in [0.29, 0.717) is 12.6 Å². The summed E-state index contributed by atoms with van der Waals surface area (Å²) in [7, 11) is 0. The van der Waals surface area contributed by atoms with Gasteiger partial charge in [-0.3, -0.25) is 4.90 Å². The Labute approximate surface area is 115 Å². The molecule has 2 nitrogen and oxygen atoms in total. The quantitative estimate of drug-likeness (QED) is 0.830. The lowest BCUT2D eigenvalue weighted by Crippen LogP contribution is -2.43. The molecule has 2 rings (SSSR count). The van der Waals surface area contributed by atoms with Gasteiger partial charge in [-0.25, -0.2) is 0 Å². The van der Waals surface area contributed by atoms with Crippen molar-refractivity contribution in [3.63, 3.8) is 0 Å². The minimum Gasteiger partial charge on any atom is -0.307 e. The van der Waals surface area contributed by atoms with Gasteiger partial charge in [-0.1, -0.05) is 0 Å². The van der Waals surface area contributed by atoms with Gasteiger partial charge in [0.15, 0.2) is 0 Å². The lowest BCUT2D eigenvalue weighted by molar-refractivity contribution is -0.125. The van der Waals surface area contributed by atoms with Gasteiger partial charge in [0.05, 0.1) is 6.54 Å². The monoisotopic (exact) mass is 292 g/mol. The maximum Gasteiger partial charge on any atom is 0.401 e. The zero-order valence-electron chi connectivity index (χ0n) is 10.9. The fourth-order valence-electron chi connectivity index (χ4n) is 2.18. The molecule has 0 amide bonds. The van der Waals surface area contributed by atoms with Crippen LogP contribution < -0.4 is 5.32 Å². The Morgan fingerprint density at radius 3 is 2.74 bits per heavy atom. The first-order valence-electron chi connectivity index (χ1n) is 6.50. The van der Waals surface area contributed by atoms with Crippen LogP contribution in [0.4, 0.5) is 13.2 Å². The van der Waals surface area contributed by atoms with Gasteiger partial charge < -0.3 is 5.32 Å². The highest BCUT2D eigenvalue weighted by molar-refractivity contribution is 7.07. The van der Waals surface area contributed by atoms with E-state index in [1.165, 1.54) is 5.56 Å². The number of halogens is 3. The molecular formula is C13H19F3N2S. The Kier molecular flexibility index (Phi) is 4.86. The summed E-state index contributed by atoms with van der Waals surface area (Å²) in [6, 6.07) is 2.74. The van der Waals surface area contributed by atoms with E-state index >= 15 is 0 Å². The van der Waals surface area contributed by atoms with E-state index < -0.39 is 12.7 Å². The molecule has 0 aliphatic heterocycles. The molecule has 1 aliphatic rings. The van der Waals surface area contributed by atoms with Gasteiger partial charge in [0.1, 0.15) is 0 Å². The fraction of sp³-hybridized carbons (Fsp3) is 0.692. The third-order valence-electron chi connectivity index (χ3n) is 3.29. The second kappa shape index (κ2) is 6.24. The number of thiophene rings is 1. The molecule has 1 atom stereocenters. The molecule has 1 aliphatic carbocycles. The number of nitrogens with zero attached hydrogens (tertiary/aromatic N) is 1. The lowest BCUT2D eigenvalue weighted by Gasteiger charge is -2.29. The van der Waals surface area contributed by atoms with Crippen molar-refractivity contribution in [2.75, 3.05) is 13.1 Å². The van der Waals surface area contributed by atoms with Crippen molar-refractivity contribution in [2.45, 2.75) is 44.6 Å². The van der Waals surface area contributed by atoms with Crippen LogP contribution in [0.15, 0.2) is 16.8 Å². The summed E-state index contributed by atoms with van der Waals surface area (Å²) in [4.78, 5) is 2.31. The van der Waals surface area contributed by atoms with Crippen molar-refractivity contribution in [3.05, 3.63) is 22.4 Å². The highest BCUT2D eigenvalue weighted by Crippen LogP contribution is 2.30. The number of nitrogens with one attached hydrogen (secondary N) is 1. The summed E-state index contributed by atoms with van der Waals surface area (Å²) in [5, 5.41) is 6.64. The van der Waals surface area contributed by atoms with Gasteiger partial charge in [0.2, 0.25) is 0 Å². The summed E-state index contributed by atoms with van der Waals surface area (Å²) < 4.78 is 36.3. The van der Waals surface area contributed by atoms with Crippen LogP contribution in [-0.2, 0) is 6.54 Å². The van der Waals surface area contributed by atoms with Crippen molar-refractivity contribution >= 4 is 11.3 Å². The van der Waals surface area contributed by atoms with Crippen molar-refractivity contribution in [1.29, 1.82) is 0 Å². The van der Waals surface area contributed by atoms with Crippen molar-refractivity contribution in [2.24, 2.45) is 0 Å². The summed E-state index contributed by atoms with van der Waals surface area (Å²) >= 11 is 1.66. The summed E-state index contributed by atoms with van der Waals surface area (Å²) in [6.45, 7) is 2.30. The van der Waals surface area contributed by atoms with Crippen LogP contribution in [0.2, 0.25) is 0 Å². The Balaban J connectivity index is 1.81. The molecule has 1 aromatic heterocycles. The van der Waals surface area contributed by atoms with E-state index in [1.54, 1.807) is 11.3 Å². The average Bonchev–Trinajstić information content (AvgIpc) is 3.01. The number of hydrogen-bond donors (Lipinski definition) is 1. The predicted molar refractivity (Wildman–Crippen MR) is 71.3 cm³/mol. The highest BCUT2D eigenvalue weighted by Gasteiger charge is 2.33. The standard InChI is InChI=1S/C13H19F3N2S/c1-10(6-17-9-13(14,15)16)18(12-2-3-12)7-11-4-5-19-8-11/h4-5,8,10,12,17H,2-3,6-7,9H2,1H3. The van der Waals surface area contributed by atoms with Gasteiger partial charge in [-0.05, 0) is 42.2 Å². The van der Waals surface area contributed by atoms with E-state index in [4.69, 9.17) is 0 Å². The lowest BCUT2D eigenvalue weighted by atomic mass is 10.2. The molecule has 1 N–H and O–H groups in total. The molecule has 108 valence electrons. The number of rotatable bonds is 7. The normalized spacial score (nSPS) is 17.9. The van der Waals surface area contributed by atoms with Crippen LogP contribution in [-0.4, -0.2) is 36.2 Å². The molecule has 0 spiro atoms. The van der Waals surface area contributed by atoms with E-state index in [-0.39, 0.29) is 6.04 Å². The fourth-order valence-corrected chi connectivity index (χ4v) is 2.84. The topological polar surface area (TPSA) is 15.3 Å². The van der Waals surface area contributed by atoms with E-state index in [0.717, 1.165) is 19.4 Å². The van der Waals surface area contributed by atoms with Crippen LogP contribution in [0.1, 0.15) is 25.3 Å². The van der Waals surface area contributed by atoms with E-state index in [2.05, 4.69) is 21.7 Å². The van der Waals surface area contributed by atoms with Crippen LogP contribution in [0.5, 0.6) is 0 Å². The van der Waals surface area contributed by atoms with Crippen LogP contribution in [0, 0.1) is 0 Å². The van der Waals surface area contributed by atoms with Crippen molar-refractivity contribution < 1.29 is 13.2 Å². The molecule has 0 saturated heterocycles. The third kappa shape index (κ3) is 5.12. The zero-order chi connectivity index (χ0) is 13.9. The first-order chi connectivity index (χ1) is 8.96. The second-order valence-electron chi connectivity index (χ2n) is 5.13. The minimum absolute atomic E-state index is 0.120. The van der Waals surface area contributed by atoms with Crippen LogP contribution in [0.25, 0.3) is 0 Å². The van der Waals surface area contributed by atoms with Crippen molar-refractivity contribution in [3.8, 4) is 0 Å². The first-order valence-corrected chi connectivity index (χ1v) is 7.44. The van der Waals surface area contributed by atoms with Crippen LogP contribution >= 0.6 is 11.3 Å². The number of alkyl halides is 3. The maximum absolute atomic E-state index is 12.1. The SMILES string of the molecule is CC(CNCC(F)(F)F)N(Cc1ccsc1)C1CC1. The van der Waals surface area contributed by atoms with E-state index in [9.17, 15) is 13.2 Å². The van der Waals surface area contributed by atoms with Crippen LogP contribution in [0.3, 0.4) is 0 Å². The van der Waals surface area contributed by atoms with Gasteiger partial charge in [0, 0.05) is 25.2 Å². The molecule has 6 heteroatoms. The number of hydrogen-bond acceptors (Lipinski definition) is 3. The summed E-state index contributed by atoms with van der Waals surface area (Å²) in [6.07, 6.45) is -1.81. The smallest absolute Gasteiger partial charge is 0.307 e. The molecule has 1 heterocycles. The first kappa shape index (κ1) is 14.8. The Morgan fingerprint density at radius 1 is 1.47 bits per heavy atom. The molecule has 0 bridgehead atoms. The molecule has 1 saturated carbocycles.